The predicted octanol–water partition coefficient (Wildman–Crippen LogP) is 3.61. The van der Waals surface area contributed by atoms with Crippen molar-refractivity contribution >= 4 is 11.9 Å². The van der Waals surface area contributed by atoms with Gasteiger partial charge in [-0.25, -0.2) is 0 Å². The summed E-state index contributed by atoms with van der Waals surface area (Å²) in [5.74, 6) is 0.520. The van der Waals surface area contributed by atoms with Crippen LogP contribution in [-0.4, -0.2) is 44.1 Å². The van der Waals surface area contributed by atoms with Gasteiger partial charge in [-0.3, -0.25) is 9.59 Å². The van der Waals surface area contributed by atoms with Crippen LogP contribution in [0.1, 0.15) is 34.8 Å². The van der Waals surface area contributed by atoms with E-state index in [2.05, 4.69) is 0 Å². The Balaban J connectivity index is 2.24. The summed E-state index contributed by atoms with van der Waals surface area (Å²) >= 11 is 0. The Morgan fingerprint density at radius 3 is 2.25 bits per heavy atom. The largest absolute Gasteiger partial charge is 0.493 e. The van der Waals surface area contributed by atoms with E-state index in [-0.39, 0.29) is 24.8 Å². The number of hydrogen-bond acceptors (Lipinski definition) is 5. The van der Waals surface area contributed by atoms with Crippen LogP contribution >= 0.6 is 0 Å². The molecule has 150 valence electrons. The molecule has 0 saturated carbocycles. The topological polar surface area (TPSA) is 65.1 Å². The average molecular weight is 385 g/mol. The van der Waals surface area contributed by atoms with Gasteiger partial charge in [0, 0.05) is 18.7 Å². The SMILES string of the molecule is CCOC(=O)CCN(Cc1ccc(C)cc1)C(=O)c1ccc(OC)c(OC)c1. The summed E-state index contributed by atoms with van der Waals surface area (Å²) in [6, 6.07) is 13.0. The first kappa shape index (κ1) is 21.3. The number of hydrogen-bond donors (Lipinski definition) is 0. The first-order valence-electron chi connectivity index (χ1n) is 9.21. The number of carbonyl (C=O) groups is 2. The third-order valence-corrected chi connectivity index (χ3v) is 4.30. The quantitative estimate of drug-likeness (QED) is 0.617. The Labute approximate surface area is 166 Å². The van der Waals surface area contributed by atoms with E-state index >= 15 is 0 Å². The van der Waals surface area contributed by atoms with E-state index in [9.17, 15) is 9.59 Å². The van der Waals surface area contributed by atoms with Crippen molar-refractivity contribution in [3.05, 3.63) is 59.2 Å². The molecule has 6 heteroatoms. The molecule has 0 aliphatic rings. The molecule has 1 amide bonds. The van der Waals surface area contributed by atoms with Crippen molar-refractivity contribution in [2.45, 2.75) is 26.8 Å². The number of methoxy groups -OCH3 is 2. The van der Waals surface area contributed by atoms with Crippen LogP contribution in [0.3, 0.4) is 0 Å². The molecule has 0 aliphatic carbocycles. The molecule has 0 aromatic heterocycles. The third kappa shape index (κ3) is 5.74. The minimum absolute atomic E-state index is 0.138. The van der Waals surface area contributed by atoms with E-state index < -0.39 is 0 Å². The van der Waals surface area contributed by atoms with Crippen LogP contribution in [-0.2, 0) is 16.1 Å². The molecule has 0 N–H and O–H groups in total. The van der Waals surface area contributed by atoms with Gasteiger partial charge in [-0.2, -0.15) is 0 Å². The molecule has 6 nitrogen and oxygen atoms in total. The highest BCUT2D eigenvalue weighted by atomic mass is 16.5. The van der Waals surface area contributed by atoms with Crippen LogP contribution in [0.25, 0.3) is 0 Å². The van der Waals surface area contributed by atoms with Crippen molar-refractivity contribution in [3.63, 3.8) is 0 Å². The molecule has 0 heterocycles. The molecule has 0 aliphatic heterocycles. The van der Waals surface area contributed by atoms with E-state index in [1.807, 2.05) is 31.2 Å². The van der Waals surface area contributed by atoms with Gasteiger partial charge in [0.1, 0.15) is 0 Å². The van der Waals surface area contributed by atoms with Gasteiger partial charge in [0.25, 0.3) is 5.91 Å². The Morgan fingerprint density at radius 2 is 1.64 bits per heavy atom. The van der Waals surface area contributed by atoms with E-state index in [0.717, 1.165) is 11.1 Å². The summed E-state index contributed by atoms with van der Waals surface area (Å²) in [5, 5.41) is 0. The van der Waals surface area contributed by atoms with Crippen LogP contribution in [0.2, 0.25) is 0 Å². The Morgan fingerprint density at radius 1 is 0.964 bits per heavy atom. The Bertz CT molecular complexity index is 801. The van der Waals surface area contributed by atoms with E-state index in [1.54, 1.807) is 37.1 Å². The number of carbonyl (C=O) groups excluding carboxylic acids is 2. The lowest BCUT2D eigenvalue weighted by atomic mass is 10.1. The maximum Gasteiger partial charge on any atom is 0.307 e. The maximum absolute atomic E-state index is 13.1. The molecule has 0 atom stereocenters. The van der Waals surface area contributed by atoms with Crippen LogP contribution in [0, 0.1) is 6.92 Å². The number of benzene rings is 2. The second-order valence-corrected chi connectivity index (χ2v) is 6.34. The van der Waals surface area contributed by atoms with Gasteiger partial charge < -0.3 is 19.1 Å². The van der Waals surface area contributed by atoms with Gasteiger partial charge in [0.05, 0.1) is 27.2 Å². The van der Waals surface area contributed by atoms with Crippen molar-refractivity contribution in [3.8, 4) is 11.5 Å². The molecule has 0 saturated heterocycles. The molecular weight excluding hydrogens is 358 g/mol. The Kier molecular flexibility index (Phi) is 7.87. The number of amides is 1. The Hall–Kier alpha value is -3.02. The zero-order valence-electron chi connectivity index (χ0n) is 16.9. The molecule has 0 unspecified atom stereocenters. The highest BCUT2D eigenvalue weighted by Crippen LogP contribution is 2.28. The number of aryl methyl sites for hydroxylation is 1. The number of ether oxygens (including phenoxy) is 3. The molecule has 2 aromatic carbocycles. The molecule has 0 fully saturated rings. The molecule has 0 bridgehead atoms. The van der Waals surface area contributed by atoms with E-state index in [1.165, 1.54) is 7.11 Å². The minimum Gasteiger partial charge on any atom is -0.493 e. The summed E-state index contributed by atoms with van der Waals surface area (Å²) in [6.07, 6.45) is 0.138. The molecule has 0 radical (unpaired) electrons. The lowest BCUT2D eigenvalue weighted by Gasteiger charge is -2.23. The first-order chi connectivity index (χ1) is 13.5. The molecule has 28 heavy (non-hydrogen) atoms. The fraction of sp³-hybridized carbons (Fsp3) is 0.364. The standard InChI is InChI=1S/C22H27NO5/c1-5-28-21(24)12-13-23(15-17-8-6-16(2)7-9-17)22(25)18-10-11-19(26-3)20(14-18)27-4/h6-11,14H,5,12-13,15H2,1-4H3. The number of nitrogens with zero attached hydrogens (tertiary/aromatic N) is 1. The predicted molar refractivity (Wildman–Crippen MR) is 107 cm³/mol. The van der Waals surface area contributed by atoms with Gasteiger partial charge in [-0.05, 0) is 37.6 Å². The van der Waals surface area contributed by atoms with E-state index in [4.69, 9.17) is 14.2 Å². The lowest BCUT2D eigenvalue weighted by molar-refractivity contribution is -0.143. The van der Waals surface area contributed by atoms with Crippen molar-refractivity contribution in [1.29, 1.82) is 0 Å². The highest BCUT2D eigenvalue weighted by molar-refractivity contribution is 5.95. The van der Waals surface area contributed by atoms with Gasteiger partial charge in [-0.1, -0.05) is 29.8 Å². The smallest absolute Gasteiger partial charge is 0.307 e. The minimum atomic E-state index is -0.323. The lowest BCUT2D eigenvalue weighted by Crippen LogP contribution is -2.33. The fourth-order valence-electron chi connectivity index (χ4n) is 2.78. The zero-order chi connectivity index (χ0) is 20.5. The van der Waals surface area contributed by atoms with Gasteiger partial charge >= 0.3 is 5.97 Å². The van der Waals surface area contributed by atoms with Gasteiger partial charge in [-0.15, -0.1) is 0 Å². The summed E-state index contributed by atoms with van der Waals surface area (Å²) in [4.78, 5) is 26.6. The number of rotatable bonds is 9. The molecular formula is C22H27NO5. The summed E-state index contributed by atoms with van der Waals surface area (Å²) in [6.45, 7) is 4.75. The summed E-state index contributed by atoms with van der Waals surface area (Å²) in [7, 11) is 3.07. The van der Waals surface area contributed by atoms with Crippen molar-refractivity contribution in [1.82, 2.24) is 4.90 Å². The molecule has 0 spiro atoms. The zero-order valence-corrected chi connectivity index (χ0v) is 16.9. The highest BCUT2D eigenvalue weighted by Gasteiger charge is 2.19. The van der Waals surface area contributed by atoms with Crippen LogP contribution in [0.4, 0.5) is 0 Å². The van der Waals surface area contributed by atoms with Crippen molar-refractivity contribution in [2.75, 3.05) is 27.4 Å². The third-order valence-electron chi connectivity index (χ3n) is 4.30. The van der Waals surface area contributed by atoms with E-state index in [0.29, 0.717) is 30.2 Å². The van der Waals surface area contributed by atoms with Crippen LogP contribution in [0.15, 0.2) is 42.5 Å². The number of esters is 1. The normalized spacial score (nSPS) is 10.3. The van der Waals surface area contributed by atoms with Crippen LogP contribution < -0.4 is 9.47 Å². The second-order valence-electron chi connectivity index (χ2n) is 6.34. The van der Waals surface area contributed by atoms with Crippen molar-refractivity contribution < 1.29 is 23.8 Å². The summed E-state index contributed by atoms with van der Waals surface area (Å²) < 4.78 is 15.5. The first-order valence-corrected chi connectivity index (χ1v) is 9.21. The van der Waals surface area contributed by atoms with Gasteiger partial charge in [0.15, 0.2) is 11.5 Å². The van der Waals surface area contributed by atoms with Crippen LogP contribution in [0.5, 0.6) is 11.5 Å². The van der Waals surface area contributed by atoms with Gasteiger partial charge in [0.2, 0.25) is 0 Å². The molecule has 2 rings (SSSR count). The second kappa shape index (κ2) is 10.3. The fourth-order valence-corrected chi connectivity index (χ4v) is 2.78. The molecule has 2 aromatic rings. The monoisotopic (exact) mass is 385 g/mol. The maximum atomic E-state index is 13.1. The summed E-state index contributed by atoms with van der Waals surface area (Å²) in [5.41, 5.74) is 2.60. The average Bonchev–Trinajstić information content (AvgIpc) is 2.71. The van der Waals surface area contributed by atoms with Crippen molar-refractivity contribution in [2.24, 2.45) is 0 Å².